The van der Waals surface area contributed by atoms with Gasteiger partial charge < -0.3 is 5.32 Å². The van der Waals surface area contributed by atoms with Crippen molar-refractivity contribution in [2.45, 2.75) is 33.2 Å². The Bertz CT molecular complexity index is 851. The van der Waals surface area contributed by atoms with Crippen LogP contribution in [0.1, 0.15) is 37.1 Å². The number of nitrogens with one attached hydrogen (secondary N) is 1. The summed E-state index contributed by atoms with van der Waals surface area (Å²) in [5, 5.41) is 3.28. The Balaban J connectivity index is 1.89. The fourth-order valence-electron chi connectivity index (χ4n) is 2.28. The van der Waals surface area contributed by atoms with Gasteiger partial charge >= 0.3 is 0 Å². The van der Waals surface area contributed by atoms with E-state index in [1.54, 1.807) is 12.4 Å². The molecule has 0 fully saturated rings. The second-order valence-electron chi connectivity index (χ2n) is 5.60. The molecule has 6 heteroatoms. The molecule has 3 aromatic rings. The molecule has 0 amide bonds. The van der Waals surface area contributed by atoms with Crippen molar-refractivity contribution in [3.8, 4) is 0 Å². The minimum Gasteiger partial charge on any atom is -0.352 e. The summed E-state index contributed by atoms with van der Waals surface area (Å²) < 4.78 is 1.87. The number of aryl methyl sites for hydroxylation is 1. The van der Waals surface area contributed by atoms with Crippen LogP contribution in [0, 0.1) is 6.92 Å². The Morgan fingerprint density at radius 2 is 2.13 bits per heavy atom. The lowest BCUT2D eigenvalue weighted by molar-refractivity contribution is 0.751. The fourth-order valence-corrected chi connectivity index (χ4v) is 2.28. The van der Waals surface area contributed by atoms with E-state index in [0.717, 1.165) is 28.8 Å². The van der Waals surface area contributed by atoms with E-state index in [4.69, 9.17) is 0 Å². The lowest BCUT2D eigenvalue weighted by Crippen LogP contribution is -2.16. The quantitative estimate of drug-likeness (QED) is 0.784. The van der Waals surface area contributed by atoms with Crippen molar-refractivity contribution < 1.29 is 0 Å². The zero-order valence-corrected chi connectivity index (χ0v) is 13.6. The first-order chi connectivity index (χ1) is 11.1. The zero-order chi connectivity index (χ0) is 16.4. The first-order valence-corrected chi connectivity index (χ1v) is 7.67. The summed E-state index contributed by atoms with van der Waals surface area (Å²) in [5.41, 5.74) is 3.58. The largest absolute Gasteiger partial charge is 0.352 e. The van der Waals surface area contributed by atoms with Crippen molar-refractivity contribution in [1.29, 1.82) is 0 Å². The molecule has 6 nitrogen and oxygen atoms in total. The van der Waals surface area contributed by atoms with E-state index >= 15 is 0 Å². The highest BCUT2D eigenvalue weighted by Gasteiger charge is 2.11. The molecule has 3 heterocycles. The molecule has 0 aliphatic heterocycles. The van der Waals surface area contributed by atoms with Crippen LogP contribution in [0.4, 0.5) is 5.95 Å². The Kier molecular flexibility index (Phi) is 4.06. The Hall–Kier alpha value is -2.76. The highest BCUT2D eigenvalue weighted by molar-refractivity contribution is 5.78. The topological polar surface area (TPSA) is 68.0 Å². The molecule has 0 aliphatic rings. The summed E-state index contributed by atoms with van der Waals surface area (Å²) >= 11 is 0. The minimum atomic E-state index is 0.344. The van der Waals surface area contributed by atoms with Crippen LogP contribution in [-0.4, -0.2) is 30.4 Å². The molecule has 0 bridgehead atoms. The Morgan fingerprint density at radius 1 is 1.30 bits per heavy atom. The van der Waals surface area contributed by atoms with Crippen LogP contribution in [0.2, 0.25) is 0 Å². The van der Waals surface area contributed by atoms with Crippen molar-refractivity contribution in [3.63, 3.8) is 0 Å². The lowest BCUT2D eigenvalue weighted by atomic mass is 10.0. The van der Waals surface area contributed by atoms with Gasteiger partial charge in [-0.3, -0.25) is 4.40 Å². The van der Waals surface area contributed by atoms with E-state index < -0.39 is 0 Å². The van der Waals surface area contributed by atoms with Crippen molar-refractivity contribution >= 4 is 17.3 Å². The monoisotopic (exact) mass is 308 g/mol. The van der Waals surface area contributed by atoms with Gasteiger partial charge in [-0.2, -0.15) is 0 Å². The van der Waals surface area contributed by atoms with Crippen molar-refractivity contribution in [1.82, 2.24) is 24.3 Å². The van der Waals surface area contributed by atoms with E-state index in [9.17, 15) is 0 Å². The molecule has 3 rings (SSSR count). The molecule has 0 aromatic carbocycles. The molecule has 0 spiro atoms. The third-order valence-corrected chi connectivity index (χ3v) is 3.89. The molecular weight excluding hydrogens is 288 g/mol. The molecule has 118 valence electrons. The Labute approximate surface area is 135 Å². The number of nitrogens with zero attached hydrogens (tertiary/aromatic N) is 5. The standard InChI is InChI=1S/C17H20N6/c1-5-11(2)21-16-19-9-15(13(4)22-16)12(3)14-8-20-17-18-6-7-23(17)10-14/h6-11H,3,5H2,1-2,4H3,(H,19,21,22). The van der Waals surface area contributed by atoms with Crippen LogP contribution in [0.5, 0.6) is 0 Å². The van der Waals surface area contributed by atoms with Crippen molar-refractivity contribution in [2.24, 2.45) is 0 Å². The van der Waals surface area contributed by atoms with E-state index in [0.29, 0.717) is 17.8 Å². The SMILES string of the molecule is C=C(c1cnc2nccn2c1)c1cnc(NC(C)CC)nc1C. The van der Waals surface area contributed by atoms with Crippen LogP contribution in [0.25, 0.3) is 11.4 Å². The third-order valence-electron chi connectivity index (χ3n) is 3.89. The van der Waals surface area contributed by atoms with Crippen LogP contribution >= 0.6 is 0 Å². The maximum absolute atomic E-state index is 4.54. The molecule has 0 saturated heterocycles. The summed E-state index contributed by atoms with van der Waals surface area (Å²) in [5.74, 6) is 1.32. The maximum atomic E-state index is 4.54. The molecule has 1 atom stereocenters. The van der Waals surface area contributed by atoms with Gasteiger partial charge in [0.05, 0.1) is 5.69 Å². The fraction of sp³-hybridized carbons (Fsp3) is 0.294. The summed E-state index contributed by atoms with van der Waals surface area (Å²) in [4.78, 5) is 17.4. The van der Waals surface area contributed by atoms with E-state index in [1.165, 1.54) is 0 Å². The zero-order valence-electron chi connectivity index (χ0n) is 13.6. The van der Waals surface area contributed by atoms with E-state index in [2.05, 4.69) is 45.7 Å². The molecule has 1 unspecified atom stereocenters. The minimum absolute atomic E-state index is 0.344. The van der Waals surface area contributed by atoms with Gasteiger partial charge in [0.15, 0.2) is 0 Å². The first kappa shape index (κ1) is 15.1. The molecule has 0 radical (unpaired) electrons. The maximum Gasteiger partial charge on any atom is 0.233 e. The van der Waals surface area contributed by atoms with Gasteiger partial charge in [-0.05, 0) is 25.8 Å². The van der Waals surface area contributed by atoms with Gasteiger partial charge in [0.25, 0.3) is 0 Å². The van der Waals surface area contributed by atoms with Gasteiger partial charge in [-0.25, -0.2) is 19.9 Å². The number of fused-ring (bicyclic) bond motifs is 1. The predicted molar refractivity (Wildman–Crippen MR) is 91.3 cm³/mol. The van der Waals surface area contributed by atoms with Gasteiger partial charge in [0.2, 0.25) is 11.7 Å². The van der Waals surface area contributed by atoms with Crippen LogP contribution in [-0.2, 0) is 0 Å². The van der Waals surface area contributed by atoms with Gasteiger partial charge in [0, 0.05) is 48.2 Å². The summed E-state index contributed by atoms with van der Waals surface area (Å²) in [7, 11) is 0. The molecule has 23 heavy (non-hydrogen) atoms. The van der Waals surface area contributed by atoms with Gasteiger partial charge in [-0.15, -0.1) is 0 Å². The molecule has 3 aromatic heterocycles. The second kappa shape index (κ2) is 6.16. The number of anilines is 1. The number of rotatable bonds is 5. The average molecular weight is 308 g/mol. The molecule has 1 N–H and O–H groups in total. The normalized spacial score (nSPS) is 12.3. The third kappa shape index (κ3) is 3.06. The second-order valence-corrected chi connectivity index (χ2v) is 5.60. The molecule has 0 aliphatic carbocycles. The van der Waals surface area contributed by atoms with E-state index in [1.807, 2.05) is 29.9 Å². The number of aromatic nitrogens is 5. The number of hydrogen-bond donors (Lipinski definition) is 1. The smallest absolute Gasteiger partial charge is 0.233 e. The number of imidazole rings is 1. The predicted octanol–water partition coefficient (Wildman–Crippen LogP) is 3.10. The van der Waals surface area contributed by atoms with Gasteiger partial charge in [-0.1, -0.05) is 13.5 Å². The van der Waals surface area contributed by atoms with Crippen LogP contribution in [0.3, 0.4) is 0 Å². The highest BCUT2D eigenvalue weighted by atomic mass is 15.1. The Morgan fingerprint density at radius 3 is 2.87 bits per heavy atom. The summed E-state index contributed by atoms with van der Waals surface area (Å²) in [6.07, 6.45) is 10.2. The highest BCUT2D eigenvalue weighted by Crippen LogP contribution is 2.23. The van der Waals surface area contributed by atoms with E-state index in [-0.39, 0.29) is 0 Å². The van der Waals surface area contributed by atoms with Crippen LogP contribution < -0.4 is 5.32 Å². The van der Waals surface area contributed by atoms with Gasteiger partial charge in [0.1, 0.15) is 0 Å². The van der Waals surface area contributed by atoms with Crippen molar-refractivity contribution in [3.05, 3.63) is 54.4 Å². The molecule has 0 saturated carbocycles. The summed E-state index contributed by atoms with van der Waals surface area (Å²) in [6, 6.07) is 0.344. The molecular formula is C17H20N6. The number of hydrogen-bond acceptors (Lipinski definition) is 5. The van der Waals surface area contributed by atoms with Crippen LogP contribution in [0.15, 0.2) is 37.6 Å². The lowest BCUT2D eigenvalue weighted by Gasteiger charge is -2.14. The average Bonchev–Trinajstić information content (AvgIpc) is 3.01. The van der Waals surface area contributed by atoms with Crippen molar-refractivity contribution in [2.75, 3.05) is 5.32 Å². The summed E-state index contributed by atoms with van der Waals surface area (Å²) in [6.45, 7) is 10.4. The first-order valence-electron chi connectivity index (χ1n) is 7.67.